The van der Waals surface area contributed by atoms with Gasteiger partial charge in [-0.2, -0.15) is 0 Å². The summed E-state index contributed by atoms with van der Waals surface area (Å²) in [6.07, 6.45) is 2.03. The summed E-state index contributed by atoms with van der Waals surface area (Å²) in [7, 11) is 0. The number of hydrogen-bond donors (Lipinski definition) is 1. The van der Waals surface area contributed by atoms with Crippen molar-refractivity contribution < 1.29 is 0 Å². The second kappa shape index (κ2) is 2.42. The molecule has 1 aliphatic rings. The Morgan fingerprint density at radius 2 is 2.40 bits per heavy atom. The van der Waals surface area contributed by atoms with E-state index in [9.17, 15) is 0 Å². The number of rotatable bonds is 0. The SMILES string of the molecule is NC1C=CSc2sccc21. The van der Waals surface area contributed by atoms with E-state index in [4.69, 9.17) is 5.73 Å². The molecule has 1 nitrogen and oxygen atoms in total. The highest BCUT2D eigenvalue weighted by molar-refractivity contribution is 8.04. The first-order chi connectivity index (χ1) is 4.88. The Morgan fingerprint density at radius 3 is 3.20 bits per heavy atom. The fourth-order valence-electron chi connectivity index (χ4n) is 0.938. The highest BCUT2D eigenvalue weighted by Gasteiger charge is 2.12. The van der Waals surface area contributed by atoms with E-state index in [-0.39, 0.29) is 6.04 Å². The van der Waals surface area contributed by atoms with Crippen molar-refractivity contribution in [3.05, 3.63) is 28.5 Å². The van der Waals surface area contributed by atoms with E-state index in [0.29, 0.717) is 0 Å². The van der Waals surface area contributed by atoms with Gasteiger partial charge >= 0.3 is 0 Å². The molecule has 1 aliphatic heterocycles. The van der Waals surface area contributed by atoms with Crippen molar-refractivity contribution in [1.82, 2.24) is 0 Å². The third-order valence-electron chi connectivity index (χ3n) is 1.48. The van der Waals surface area contributed by atoms with E-state index in [1.54, 1.807) is 23.1 Å². The van der Waals surface area contributed by atoms with Gasteiger partial charge in [-0.3, -0.25) is 0 Å². The quantitative estimate of drug-likeness (QED) is 0.645. The van der Waals surface area contributed by atoms with E-state index in [1.165, 1.54) is 9.77 Å². The van der Waals surface area contributed by atoms with Gasteiger partial charge in [0, 0.05) is 0 Å². The molecule has 0 aliphatic carbocycles. The van der Waals surface area contributed by atoms with Gasteiger partial charge in [-0.15, -0.1) is 11.3 Å². The summed E-state index contributed by atoms with van der Waals surface area (Å²) < 4.78 is 1.34. The Bertz CT molecular complexity index is 264. The van der Waals surface area contributed by atoms with Crippen LogP contribution in [0.4, 0.5) is 0 Å². The normalized spacial score (nSPS) is 22.7. The Kier molecular flexibility index (Phi) is 1.56. The van der Waals surface area contributed by atoms with Crippen molar-refractivity contribution in [2.24, 2.45) is 5.73 Å². The zero-order chi connectivity index (χ0) is 6.97. The molecule has 0 spiro atoms. The lowest BCUT2D eigenvalue weighted by Crippen LogP contribution is -2.07. The lowest BCUT2D eigenvalue weighted by Gasteiger charge is -2.10. The zero-order valence-electron chi connectivity index (χ0n) is 5.28. The van der Waals surface area contributed by atoms with Crippen molar-refractivity contribution in [2.45, 2.75) is 10.3 Å². The monoisotopic (exact) mass is 169 g/mol. The molecule has 2 heterocycles. The molecule has 0 saturated heterocycles. The maximum atomic E-state index is 5.80. The smallest absolute Gasteiger partial charge is 0.0691 e. The molecular formula is C7H7NS2. The van der Waals surface area contributed by atoms with Crippen LogP contribution in [0.25, 0.3) is 0 Å². The minimum absolute atomic E-state index is 0.127. The standard InChI is InChI=1S/C7H7NS2/c8-6-2-4-10-7-5(6)1-3-9-7/h1-4,6H,8H2. The summed E-state index contributed by atoms with van der Waals surface area (Å²) >= 11 is 3.52. The number of nitrogens with two attached hydrogens (primary N) is 1. The molecule has 3 heteroatoms. The molecular weight excluding hydrogens is 162 g/mol. The Morgan fingerprint density at radius 1 is 1.50 bits per heavy atom. The molecule has 0 aromatic carbocycles. The summed E-state index contributed by atoms with van der Waals surface area (Å²) in [5.74, 6) is 0. The molecule has 1 aromatic rings. The van der Waals surface area contributed by atoms with Gasteiger partial charge in [0.2, 0.25) is 0 Å². The van der Waals surface area contributed by atoms with Gasteiger partial charge in [0.15, 0.2) is 0 Å². The molecule has 0 fully saturated rings. The Balaban J connectivity index is 2.48. The minimum Gasteiger partial charge on any atom is -0.321 e. The predicted molar refractivity (Wildman–Crippen MR) is 46.2 cm³/mol. The Hall–Kier alpha value is -0.250. The summed E-state index contributed by atoms with van der Waals surface area (Å²) in [6.45, 7) is 0. The first kappa shape index (κ1) is 6.46. The van der Waals surface area contributed by atoms with Crippen LogP contribution in [0.15, 0.2) is 27.1 Å². The lowest BCUT2D eigenvalue weighted by atomic mass is 10.2. The van der Waals surface area contributed by atoms with Crippen molar-refractivity contribution in [1.29, 1.82) is 0 Å². The highest BCUT2D eigenvalue weighted by atomic mass is 32.2. The largest absolute Gasteiger partial charge is 0.321 e. The fraction of sp³-hybridized carbons (Fsp3) is 0.143. The van der Waals surface area contributed by atoms with Crippen molar-refractivity contribution >= 4 is 23.1 Å². The second-order valence-corrected chi connectivity index (χ2v) is 4.23. The van der Waals surface area contributed by atoms with Crippen molar-refractivity contribution in [3.63, 3.8) is 0 Å². The molecule has 0 saturated carbocycles. The molecule has 0 amide bonds. The summed E-state index contributed by atoms with van der Waals surface area (Å²) in [4.78, 5) is 0. The van der Waals surface area contributed by atoms with Gasteiger partial charge < -0.3 is 5.73 Å². The summed E-state index contributed by atoms with van der Waals surface area (Å²) in [5.41, 5.74) is 7.07. The first-order valence-corrected chi connectivity index (χ1v) is 4.80. The van der Waals surface area contributed by atoms with Gasteiger partial charge in [0.1, 0.15) is 0 Å². The van der Waals surface area contributed by atoms with E-state index in [1.807, 2.05) is 6.08 Å². The molecule has 10 heavy (non-hydrogen) atoms. The molecule has 2 rings (SSSR count). The van der Waals surface area contributed by atoms with Gasteiger partial charge in [0.05, 0.1) is 10.3 Å². The van der Waals surface area contributed by atoms with Crippen LogP contribution in [0, 0.1) is 0 Å². The van der Waals surface area contributed by atoms with Crippen LogP contribution in [0.3, 0.4) is 0 Å². The lowest BCUT2D eigenvalue weighted by molar-refractivity contribution is 0.895. The van der Waals surface area contributed by atoms with Crippen molar-refractivity contribution in [3.8, 4) is 0 Å². The maximum Gasteiger partial charge on any atom is 0.0691 e. The predicted octanol–water partition coefficient (Wildman–Crippen LogP) is 2.37. The van der Waals surface area contributed by atoms with E-state index in [0.717, 1.165) is 0 Å². The van der Waals surface area contributed by atoms with E-state index < -0.39 is 0 Å². The highest BCUT2D eigenvalue weighted by Crippen LogP contribution is 2.36. The molecule has 2 N–H and O–H groups in total. The van der Waals surface area contributed by atoms with Gasteiger partial charge in [0.25, 0.3) is 0 Å². The average molecular weight is 169 g/mol. The number of thioether (sulfide) groups is 1. The molecule has 0 radical (unpaired) electrons. The number of hydrogen-bond acceptors (Lipinski definition) is 3. The maximum absolute atomic E-state index is 5.80. The van der Waals surface area contributed by atoms with E-state index in [2.05, 4.69) is 16.9 Å². The topological polar surface area (TPSA) is 26.0 Å². The van der Waals surface area contributed by atoms with Crippen LogP contribution in [0.2, 0.25) is 0 Å². The van der Waals surface area contributed by atoms with Crippen LogP contribution >= 0.6 is 23.1 Å². The molecule has 0 bridgehead atoms. The molecule has 1 atom stereocenters. The van der Waals surface area contributed by atoms with Crippen LogP contribution in [0.5, 0.6) is 0 Å². The van der Waals surface area contributed by atoms with Crippen molar-refractivity contribution in [2.75, 3.05) is 0 Å². The Labute approximate surface area is 67.9 Å². The zero-order valence-corrected chi connectivity index (χ0v) is 6.91. The first-order valence-electron chi connectivity index (χ1n) is 3.04. The van der Waals surface area contributed by atoms with Gasteiger partial charge in [-0.05, 0) is 22.4 Å². The minimum atomic E-state index is 0.127. The average Bonchev–Trinajstić information content (AvgIpc) is 2.36. The fourth-order valence-corrected chi connectivity index (χ4v) is 2.88. The number of fused-ring (bicyclic) bond motifs is 1. The van der Waals surface area contributed by atoms with Crippen LogP contribution in [-0.2, 0) is 0 Å². The van der Waals surface area contributed by atoms with Gasteiger partial charge in [-0.25, -0.2) is 0 Å². The number of thiophene rings is 1. The third kappa shape index (κ3) is 0.905. The van der Waals surface area contributed by atoms with Crippen LogP contribution in [0.1, 0.15) is 11.6 Å². The third-order valence-corrected chi connectivity index (χ3v) is 3.52. The molecule has 1 unspecified atom stereocenters. The molecule has 1 aromatic heterocycles. The summed E-state index contributed by atoms with van der Waals surface area (Å²) in [5, 5.41) is 4.15. The van der Waals surface area contributed by atoms with Crippen LogP contribution < -0.4 is 5.73 Å². The van der Waals surface area contributed by atoms with Gasteiger partial charge in [-0.1, -0.05) is 17.8 Å². The van der Waals surface area contributed by atoms with Crippen LogP contribution in [-0.4, -0.2) is 0 Å². The summed E-state index contributed by atoms with van der Waals surface area (Å²) in [6, 6.07) is 2.23. The molecule has 52 valence electrons. The second-order valence-electron chi connectivity index (χ2n) is 2.14. The van der Waals surface area contributed by atoms with E-state index >= 15 is 0 Å².